The summed E-state index contributed by atoms with van der Waals surface area (Å²) >= 11 is 0. The van der Waals surface area contributed by atoms with Crippen LogP contribution in [0.25, 0.3) is 11.1 Å². The molecule has 9 heteroatoms. The molecular weight excluding hydrogens is 493 g/mol. The molecule has 1 N–H and O–H groups in total. The fraction of sp³-hybridized carbons (Fsp3) is 0.393. The molecule has 37 heavy (non-hydrogen) atoms. The van der Waals surface area contributed by atoms with Crippen LogP contribution in [-0.2, 0) is 25.6 Å². The van der Waals surface area contributed by atoms with E-state index in [1.165, 1.54) is 12.1 Å². The van der Waals surface area contributed by atoms with Crippen LogP contribution in [0.3, 0.4) is 0 Å². The van der Waals surface area contributed by atoms with Crippen molar-refractivity contribution in [2.45, 2.75) is 58.4 Å². The number of aromatic nitrogens is 1. The second kappa shape index (κ2) is 10.3. The maximum atomic E-state index is 14.7. The zero-order valence-corrected chi connectivity index (χ0v) is 20.8. The molecule has 1 aliphatic rings. The van der Waals surface area contributed by atoms with Gasteiger partial charge in [0.05, 0.1) is 17.8 Å². The zero-order chi connectivity index (χ0) is 27.0. The molecule has 4 rings (SSSR count). The number of pyridine rings is 1. The van der Waals surface area contributed by atoms with Gasteiger partial charge in [-0.25, -0.2) is 13.8 Å². The van der Waals surface area contributed by atoms with Gasteiger partial charge in [0.2, 0.25) is 5.88 Å². The van der Waals surface area contributed by atoms with Crippen molar-refractivity contribution in [3.63, 3.8) is 0 Å². The van der Waals surface area contributed by atoms with E-state index >= 15 is 0 Å². The maximum Gasteiger partial charge on any atom is 0.417 e. The van der Waals surface area contributed by atoms with Crippen molar-refractivity contribution in [1.82, 2.24) is 4.98 Å². The van der Waals surface area contributed by atoms with Gasteiger partial charge in [0.15, 0.2) is 11.6 Å². The van der Waals surface area contributed by atoms with Crippen molar-refractivity contribution < 1.29 is 36.5 Å². The second-order valence-electron chi connectivity index (χ2n) is 10.1. The fourth-order valence-electron chi connectivity index (χ4n) is 4.33. The van der Waals surface area contributed by atoms with Gasteiger partial charge in [-0.3, -0.25) is 0 Å². The summed E-state index contributed by atoms with van der Waals surface area (Å²) in [5.41, 5.74) is -0.629. The molecule has 3 aromatic rings. The summed E-state index contributed by atoms with van der Waals surface area (Å²) < 4.78 is 81.6. The van der Waals surface area contributed by atoms with Crippen molar-refractivity contribution in [1.29, 1.82) is 0 Å². The molecule has 4 nitrogen and oxygen atoms in total. The van der Waals surface area contributed by atoms with Gasteiger partial charge in [-0.15, -0.1) is 0 Å². The Labute approximate surface area is 212 Å². The molecule has 0 bridgehead atoms. The van der Waals surface area contributed by atoms with E-state index in [1.807, 2.05) is 0 Å². The Balaban J connectivity index is 1.59. The van der Waals surface area contributed by atoms with Crippen molar-refractivity contribution >= 4 is 0 Å². The number of rotatable bonds is 8. The molecule has 0 spiro atoms. The number of benzene rings is 2. The molecular formula is C28H28F5NO3. The minimum atomic E-state index is -4.87. The first-order valence-electron chi connectivity index (χ1n) is 12.0. The van der Waals surface area contributed by atoms with Crippen LogP contribution in [0, 0.1) is 17.6 Å². The summed E-state index contributed by atoms with van der Waals surface area (Å²) in [6.07, 6.45) is -1.15. The van der Waals surface area contributed by atoms with Crippen LogP contribution in [0.15, 0.2) is 42.6 Å². The van der Waals surface area contributed by atoms with Gasteiger partial charge in [0.1, 0.15) is 12.4 Å². The lowest BCUT2D eigenvalue weighted by Crippen LogP contribution is -2.21. The van der Waals surface area contributed by atoms with E-state index in [1.54, 1.807) is 26.1 Å². The normalized spacial score (nSPS) is 15.5. The van der Waals surface area contributed by atoms with Crippen LogP contribution in [-0.4, -0.2) is 22.3 Å². The van der Waals surface area contributed by atoms with Gasteiger partial charge < -0.3 is 14.6 Å². The van der Waals surface area contributed by atoms with E-state index < -0.39 is 29.0 Å². The molecule has 0 saturated carbocycles. The number of hydrogen-bond donors (Lipinski definition) is 1. The van der Waals surface area contributed by atoms with Gasteiger partial charge >= 0.3 is 6.18 Å². The van der Waals surface area contributed by atoms with Crippen molar-refractivity contribution in [2.24, 2.45) is 5.92 Å². The van der Waals surface area contributed by atoms with Gasteiger partial charge in [-0.05, 0) is 79.1 Å². The minimum absolute atomic E-state index is 0.0151. The number of hydrogen-bond acceptors (Lipinski definition) is 4. The van der Waals surface area contributed by atoms with Crippen LogP contribution in [0.2, 0.25) is 0 Å². The van der Waals surface area contributed by atoms with Crippen LogP contribution in [0.5, 0.6) is 11.6 Å². The predicted molar refractivity (Wildman–Crippen MR) is 128 cm³/mol. The van der Waals surface area contributed by atoms with E-state index in [0.717, 1.165) is 36.1 Å². The highest BCUT2D eigenvalue weighted by molar-refractivity contribution is 5.70. The Bertz CT molecular complexity index is 1280. The Hall–Kier alpha value is -3.20. The first-order chi connectivity index (χ1) is 17.3. The third kappa shape index (κ3) is 6.57. The smallest absolute Gasteiger partial charge is 0.417 e. The predicted octanol–water partition coefficient (Wildman–Crippen LogP) is 6.90. The first kappa shape index (κ1) is 26.9. The molecule has 0 aliphatic heterocycles. The molecule has 1 aromatic heterocycles. The molecule has 0 fully saturated rings. The molecule has 1 atom stereocenters. The van der Waals surface area contributed by atoms with Crippen molar-refractivity contribution in [2.75, 3.05) is 6.61 Å². The van der Waals surface area contributed by atoms with Gasteiger partial charge in [-0.1, -0.05) is 13.0 Å². The number of nitrogens with zero attached hydrogens (tertiary/aromatic N) is 1. The third-order valence-corrected chi connectivity index (χ3v) is 6.28. The Kier molecular flexibility index (Phi) is 7.46. The van der Waals surface area contributed by atoms with Gasteiger partial charge in [0, 0.05) is 24.2 Å². The Morgan fingerprint density at radius 3 is 2.38 bits per heavy atom. The molecule has 0 amide bonds. The largest absolute Gasteiger partial charge is 0.490 e. The van der Waals surface area contributed by atoms with E-state index in [2.05, 4.69) is 11.9 Å². The van der Waals surface area contributed by atoms with E-state index in [-0.39, 0.29) is 48.0 Å². The Morgan fingerprint density at radius 2 is 1.70 bits per heavy atom. The third-order valence-electron chi connectivity index (χ3n) is 6.28. The molecule has 1 unspecified atom stereocenters. The number of ether oxygens (including phenoxy) is 2. The summed E-state index contributed by atoms with van der Waals surface area (Å²) in [5.74, 6) is -1.38. The molecule has 2 aromatic carbocycles. The van der Waals surface area contributed by atoms with Crippen LogP contribution >= 0.6 is 0 Å². The molecule has 198 valence electrons. The minimum Gasteiger partial charge on any atom is -0.490 e. The standard InChI is InChI=1S/C28H28F5NO3/c1-16-8-18-12-26(34-14-19(18)9-16)37-15-20-10-21(22(13-23(20)29)28(31,32)33)17-4-5-25(24(30)11-17)36-7-6-27(2,3)35/h4-5,10-14,16,35H,6-9,15H2,1-3H3. The van der Waals surface area contributed by atoms with Crippen LogP contribution in [0.4, 0.5) is 22.0 Å². The maximum absolute atomic E-state index is 14.7. The summed E-state index contributed by atoms with van der Waals surface area (Å²) in [4.78, 5) is 4.22. The molecule has 1 aliphatic carbocycles. The quantitative estimate of drug-likeness (QED) is 0.328. The second-order valence-corrected chi connectivity index (χ2v) is 10.1. The summed E-state index contributed by atoms with van der Waals surface area (Å²) in [7, 11) is 0. The molecule has 1 heterocycles. The summed E-state index contributed by atoms with van der Waals surface area (Å²) in [5, 5.41) is 9.76. The van der Waals surface area contributed by atoms with Crippen LogP contribution in [0.1, 0.15) is 49.4 Å². The molecule has 0 radical (unpaired) electrons. The lowest BCUT2D eigenvalue weighted by Gasteiger charge is -2.18. The molecule has 0 saturated heterocycles. The number of fused-ring (bicyclic) bond motifs is 1. The summed E-state index contributed by atoms with van der Waals surface area (Å²) in [6, 6.07) is 6.60. The lowest BCUT2D eigenvalue weighted by atomic mass is 9.96. The topological polar surface area (TPSA) is 51.6 Å². The first-order valence-corrected chi connectivity index (χ1v) is 12.0. The summed E-state index contributed by atoms with van der Waals surface area (Å²) in [6.45, 7) is 4.94. The highest BCUT2D eigenvalue weighted by atomic mass is 19.4. The highest BCUT2D eigenvalue weighted by Crippen LogP contribution is 2.40. The SMILES string of the molecule is CC1Cc2cnc(OCc3cc(-c4ccc(OCCC(C)(C)O)c(F)c4)c(C(F)(F)F)cc3F)cc2C1. The highest BCUT2D eigenvalue weighted by Gasteiger charge is 2.35. The number of halogens is 5. The average Bonchev–Trinajstić information content (AvgIpc) is 3.17. The monoisotopic (exact) mass is 521 g/mol. The van der Waals surface area contributed by atoms with Gasteiger partial charge in [-0.2, -0.15) is 13.2 Å². The van der Waals surface area contributed by atoms with Crippen molar-refractivity contribution in [3.8, 4) is 22.8 Å². The van der Waals surface area contributed by atoms with E-state index in [0.29, 0.717) is 12.0 Å². The average molecular weight is 522 g/mol. The van der Waals surface area contributed by atoms with E-state index in [4.69, 9.17) is 9.47 Å². The Morgan fingerprint density at radius 1 is 0.973 bits per heavy atom. The van der Waals surface area contributed by atoms with Crippen molar-refractivity contribution in [3.05, 3.63) is 76.5 Å². The number of alkyl halides is 3. The number of aliphatic hydroxyl groups is 1. The fourth-order valence-corrected chi connectivity index (χ4v) is 4.33. The lowest BCUT2D eigenvalue weighted by molar-refractivity contribution is -0.137. The van der Waals surface area contributed by atoms with Gasteiger partial charge in [0.25, 0.3) is 0 Å². The van der Waals surface area contributed by atoms with E-state index in [9.17, 15) is 27.1 Å². The van der Waals surface area contributed by atoms with Crippen LogP contribution < -0.4 is 9.47 Å². The zero-order valence-electron chi connectivity index (χ0n) is 20.8.